The number of hydrogen-bond donors (Lipinski definition) is 0. The van der Waals surface area contributed by atoms with E-state index in [-0.39, 0.29) is 9.85 Å². The normalized spacial score (nSPS) is 27.0. The molecule has 4 aromatic carbocycles. The molecule has 0 aliphatic carbocycles. The van der Waals surface area contributed by atoms with Crippen molar-refractivity contribution in [3.05, 3.63) is 164 Å². The first-order valence-electron chi connectivity index (χ1n) is 15.0. The predicted molar refractivity (Wildman–Crippen MR) is 165 cm³/mol. The monoisotopic (exact) mass is 590 g/mol. The van der Waals surface area contributed by atoms with Gasteiger partial charge in [-0.25, -0.2) is 0 Å². The van der Waals surface area contributed by atoms with Gasteiger partial charge in [-0.05, 0) is 22.3 Å². The van der Waals surface area contributed by atoms with Crippen LogP contribution in [0.15, 0.2) is 121 Å². The molecule has 10 nitrogen and oxygen atoms in total. The maximum Gasteiger partial charge on any atom is 0.270 e. The SMILES string of the molecule is O=[N+]([O-])C1C2N(Cc3ccccc3)C3C([N+](=O)[O-])C(N2Cc2ccccc2)N(Cc2ccccc2)C1N3Cc1ccccc1. The van der Waals surface area contributed by atoms with Crippen LogP contribution < -0.4 is 0 Å². The van der Waals surface area contributed by atoms with Crippen LogP contribution in [0.3, 0.4) is 0 Å². The molecule has 4 aliphatic heterocycles. The largest absolute Gasteiger partial charge is 0.270 e. The third-order valence-electron chi connectivity index (χ3n) is 9.26. The molecule has 4 aliphatic rings. The van der Waals surface area contributed by atoms with Gasteiger partial charge in [0.25, 0.3) is 12.1 Å². The minimum Gasteiger partial charge on any atom is -0.264 e. The quantitative estimate of drug-likeness (QED) is 0.195. The maximum absolute atomic E-state index is 13.3. The highest BCUT2D eigenvalue weighted by Gasteiger charge is 2.74. The van der Waals surface area contributed by atoms with Crippen LogP contribution in [-0.4, -0.2) is 66.2 Å². The summed E-state index contributed by atoms with van der Waals surface area (Å²) in [5.41, 5.74) is 3.85. The van der Waals surface area contributed by atoms with Gasteiger partial charge in [0.15, 0.2) is 0 Å². The minimum absolute atomic E-state index is 0.153. The van der Waals surface area contributed by atoms with Gasteiger partial charge in [0.1, 0.15) is 24.7 Å². The lowest BCUT2D eigenvalue weighted by Gasteiger charge is -2.68. The summed E-state index contributed by atoms with van der Waals surface area (Å²) < 4.78 is 0. The fraction of sp³-hybridized carbons (Fsp3) is 0.294. The summed E-state index contributed by atoms with van der Waals surface area (Å²) in [6.45, 7) is 1.44. The number of rotatable bonds is 10. The standard InChI is InChI=1S/C34H34N6O4/c41-39(42)29-31-35(21-25-13-5-1-6-14-25)32-30(40(43)44)33(36(31)22-26-15-7-2-8-16-26)38(24-28-19-11-4-12-20-28)34(29)37(32)23-27-17-9-3-10-18-27/h1-20,29-34H,21-24H2. The predicted octanol–water partition coefficient (Wildman–Crippen LogP) is 4.63. The number of benzene rings is 4. The van der Waals surface area contributed by atoms with Crippen molar-refractivity contribution in [1.82, 2.24) is 19.6 Å². The number of hydrogen-bond acceptors (Lipinski definition) is 8. The highest BCUT2D eigenvalue weighted by atomic mass is 16.6. The zero-order valence-corrected chi connectivity index (χ0v) is 24.2. The second-order valence-corrected chi connectivity index (χ2v) is 11.8. The first-order chi connectivity index (χ1) is 21.5. The Labute approximate surface area is 256 Å². The fourth-order valence-corrected chi connectivity index (χ4v) is 7.63. The van der Waals surface area contributed by atoms with E-state index in [1.807, 2.05) is 141 Å². The zero-order valence-electron chi connectivity index (χ0n) is 24.2. The van der Waals surface area contributed by atoms with E-state index in [9.17, 15) is 20.2 Å². The van der Waals surface area contributed by atoms with Crippen LogP contribution >= 0.6 is 0 Å². The minimum atomic E-state index is -1.03. The third-order valence-corrected chi connectivity index (χ3v) is 9.26. The highest BCUT2D eigenvalue weighted by Crippen LogP contribution is 2.49. The summed E-state index contributed by atoms with van der Waals surface area (Å²) in [6, 6.07) is 37.0. The Morgan fingerprint density at radius 2 is 0.614 bits per heavy atom. The summed E-state index contributed by atoms with van der Waals surface area (Å²) in [7, 11) is 0. The average Bonchev–Trinajstić information content (AvgIpc) is 3.03. The topological polar surface area (TPSA) is 99.2 Å². The summed E-state index contributed by atoms with van der Waals surface area (Å²) in [5.74, 6) is 0. The average molecular weight is 591 g/mol. The Morgan fingerprint density at radius 3 is 0.795 bits per heavy atom. The van der Waals surface area contributed by atoms with Crippen molar-refractivity contribution in [2.24, 2.45) is 0 Å². The van der Waals surface area contributed by atoms with E-state index >= 15 is 0 Å². The molecule has 4 aromatic rings. The van der Waals surface area contributed by atoms with E-state index in [0.29, 0.717) is 26.2 Å². The van der Waals surface area contributed by atoms with Crippen molar-refractivity contribution in [2.45, 2.75) is 62.9 Å². The van der Waals surface area contributed by atoms with Crippen molar-refractivity contribution in [3.8, 4) is 0 Å². The fourth-order valence-electron chi connectivity index (χ4n) is 7.63. The van der Waals surface area contributed by atoms with Gasteiger partial charge in [-0.1, -0.05) is 121 Å². The highest BCUT2D eigenvalue weighted by molar-refractivity contribution is 5.24. The van der Waals surface area contributed by atoms with E-state index in [1.165, 1.54) is 0 Å². The van der Waals surface area contributed by atoms with Gasteiger partial charge in [0, 0.05) is 36.0 Å². The molecule has 0 N–H and O–H groups in total. The first kappa shape index (κ1) is 28.3. The van der Waals surface area contributed by atoms with Gasteiger partial charge in [-0.15, -0.1) is 0 Å². The molecule has 4 bridgehead atoms. The molecule has 4 fully saturated rings. The van der Waals surface area contributed by atoms with Gasteiger partial charge in [-0.2, -0.15) is 0 Å². The Kier molecular flexibility index (Phi) is 7.65. The van der Waals surface area contributed by atoms with E-state index in [4.69, 9.17) is 0 Å². The molecular formula is C34H34N6O4. The van der Waals surface area contributed by atoms with Gasteiger partial charge in [0.05, 0.1) is 0 Å². The molecular weight excluding hydrogens is 556 g/mol. The summed E-state index contributed by atoms with van der Waals surface area (Å²) in [5, 5.41) is 26.5. The van der Waals surface area contributed by atoms with Crippen LogP contribution in [-0.2, 0) is 26.2 Å². The lowest BCUT2D eigenvalue weighted by Crippen LogP contribution is -2.92. The van der Waals surface area contributed by atoms with Gasteiger partial charge < -0.3 is 0 Å². The van der Waals surface area contributed by atoms with Crippen molar-refractivity contribution in [2.75, 3.05) is 0 Å². The number of nitrogens with zero attached hydrogens (tertiary/aromatic N) is 6. The number of nitro groups is 2. The molecule has 4 saturated heterocycles. The summed E-state index contributed by atoms with van der Waals surface area (Å²) in [4.78, 5) is 34.4. The molecule has 8 rings (SSSR count). The van der Waals surface area contributed by atoms with Crippen LogP contribution in [0.1, 0.15) is 22.3 Å². The molecule has 0 amide bonds. The van der Waals surface area contributed by atoms with Crippen LogP contribution in [0.25, 0.3) is 0 Å². The van der Waals surface area contributed by atoms with Crippen molar-refractivity contribution < 1.29 is 9.85 Å². The van der Waals surface area contributed by atoms with Crippen LogP contribution in [0.5, 0.6) is 0 Å². The second kappa shape index (κ2) is 11.9. The van der Waals surface area contributed by atoms with Gasteiger partial charge in [-0.3, -0.25) is 39.8 Å². The molecule has 0 saturated carbocycles. The van der Waals surface area contributed by atoms with Crippen LogP contribution in [0.2, 0.25) is 0 Å². The van der Waals surface area contributed by atoms with Gasteiger partial charge >= 0.3 is 0 Å². The molecule has 0 aromatic heterocycles. The third kappa shape index (κ3) is 5.05. The Balaban J connectivity index is 1.41. The second-order valence-electron chi connectivity index (χ2n) is 11.8. The Bertz CT molecular complexity index is 1350. The van der Waals surface area contributed by atoms with E-state index < -0.39 is 36.7 Å². The van der Waals surface area contributed by atoms with Crippen molar-refractivity contribution >= 4 is 0 Å². The molecule has 4 heterocycles. The maximum atomic E-state index is 13.3. The lowest BCUT2D eigenvalue weighted by molar-refractivity contribution is -0.620. The molecule has 10 heteroatoms. The molecule has 0 spiro atoms. The van der Waals surface area contributed by atoms with E-state index in [2.05, 4.69) is 0 Å². The molecule has 224 valence electrons. The van der Waals surface area contributed by atoms with Crippen molar-refractivity contribution in [3.63, 3.8) is 0 Å². The van der Waals surface area contributed by atoms with Crippen LogP contribution in [0, 0.1) is 20.2 Å². The molecule has 44 heavy (non-hydrogen) atoms. The van der Waals surface area contributed by atoms with Crippen molar-refractivity contribution in [1.29, 1.82) is 0 Å². The van der Waals surface area contributed by atoms with E-state index in [0.717, 1.165) is 22.3 Å². The van der Waals surface area contributed by atoms with Gasteiger partial charge in [0.2, 0.25) is 0 Å². The zero-order chi connectivity index (χ0) is 30.2. The molecule has 0 atom stereocenters. The lowest BCUT2D eigenvalue weighted by atomic mass is 9.83. The van der Waals surface area contributed by atoms with E-state index in [1.54, 1.807) is 0 Å². The molecule has 0 unspecified atom stereocenters. The Hall–Kier alpha value is -4.48. The van der Waals surface area contributed by atoms with Crippen LogP contribution in [0.4, 0.5) is 0 Å². The Morgan fingerprint density at radius 1 is 0.409 bits per heavy atom. The molecule has 0 radical (unpaired) electrons. The summed E-state index contributed by atoms with van der Waals surface area (Å²) in [6.07, 6.45) is -2.55. The smallest absolute Gasteiger partial charge is 0.264 e. The first-order valence-corrected chi connectivity index (χ1v) is 15.0. The summed E-state index contributed by atoms with van der Waals surface area (Å²) >= 11 is 0.